The summed E-state index contributed by atoms with van der Waals surface area (Å²) < 4.78 is 5.07. The Balaban J connectivity index is 2.40. The molecule has 1 aliphatic rings. The minimum atomic E-state index is -0.130. The van der Waals surface area contributed by atoms with Crippen LogP contribution < -0.4 is 4.74 Å². The van der Waals surface area contributed by atoms with Gasteiger partial charge in [0.1, 0.15) is 9.67 Å². The third-order valence-corrected chi connectivity index (χ3v) is 2.79. The van der Waals surface area contributed by atoms with E-state index in [9.17, 15) is 4.79 Å². The highest BCUT2D eigenvalue weighted by Crippen LogP contribution is 2.27. The van der Waals surface area contributed by atoms with Crippen LogP contribution in [0.25, 0.3) is 0 Å². The van der Waals surface area contributed by atoms with Gasteiger partial charge < -0.3 is 4.74 Å². The maximum Gasteiger partial charge on any atom is 0.324 e. The highest BCUT2D eigenvalue weighted by molar-refractivity contribution is 14.1. The van der Waals surface area contributed by atoms with E-state index in [-0.39, 0.29) is 9.89 Å². The second-order valence-electron chi connectivity index (χ2n) is 2.70. The van der Waals surface area contributed by atoms with Crippen molar-refractivity contribution in [3.63, 3.8) is 0 Å². The smallest absolute Gasteiger partial charge is 0.324 e. The molecule has 1 heterocycles. The minimum Gasteiger partial charge on any atom is -0.425 e. The van der Waals surface area contributed by atoms with E-state index in [0.29, 0.717) is 0 Å². The van der Waals surface area contributed by atoms with Gasteiger partial charge in [-0.15, -0.1) is 0 Å². The number of rotatable bonds is 0. The van der Waals surface area contributed by atoms with Gasteiger partial charge in [0.05, 0.1) is 0 Å². The number of hydrogen-bond acceptors (Lipinski definition) is 2. The average Bonchev–Trinajstić information content (AvgIpc) is 2.07. The number of benzene rings is 1. The normalized spacial score (nSPS) is 21.4. The average molecular weight is 274 g/mol. The predicted octanol–water partition coefficient (Wildman–Crippen LogP) is 1.95. The van der Waals surface area contributed by atoms with E-state index in [4.69, 9.17) is 4.74 Å². The Morgan fingerprint density at radius 3 is 3.00 bits per heavy atom. The Bertz CT molecular complexity index is 322. The fraction of sp³-hybridized carbons (Fsp3) is 0.222. The van der Waals surface area contributed by atoms with Crippen molar-refractivity contribution in [1.82, 2.24) is 0 Å². The molecule has 0 radical (unpaired) electrons. The molecule has 0 bridgehead atoms. The molecule has 1 unspecified atom stereocenters. The molecule has 62 valence electrons. The SMILES string of the molecule is O=C1Oc2ccccc2CC1I. The van der Waals surface area contributed by atoms with Gasteiger partial charge in [0.25, 0.3) is 0 Å². The van der Waals surface area contributed by atoms with Gasteiger partial charge in [-0.2, -0.15) is 0 Å². The molecule has 1 aromatic carbocycles. The molecule has 0 saturated heterocycles. The number of carbonyl (C=O) groups is 1. The Kier molecular flexibility index (Phi) is 2.04. The Hall–Kier alpha value is -0.580. The maximum atomic E-state index is 11.1. The van der Waals surface area contributed by atoms with Gasteiger partial charge in [0.2, 0.25) is 0 Å². The quantitative estimate of drug-likeness (QED) is 0.313. The first-order valence-corrected chi connectivity index (χ1v) is 4.95. The van der Waals surface area contributed by atoms with Crippen LogP contribution >= 0.6 is 22.6 Å². The van der Waals surface area contributed by atoms with E-state index in [1.807, 2.05) is 24.3 Å². The maximum absolute atomic E-state index is 11.1. The second-order valence-corrected chi connectivity index (χ2v) is 4.20. The summed E-state index contributed by atoms with van der Waals surface area (Å²) in [6.45, 7) is 0. The van der Waals surface area contributed by atoms with Gasteiger partial charge >= 0.3 is 5.97 Å². The van der Waals surface area contributed by atoms with Crippen LogP contribution in [0.5, 0.6) is 5.75 Å². The number of esters is 1. The van der Waals surface area contributed by atoms with E-state index in [0.717, 1.165) is 17.7 Å². The van der Waals surface area contributed by atoms with E-state index in [2.05, 4.69) is 22.6 Å². The zero-order valence-corrected chi connectivity index (χ0v) is 8.45. The molecule has 2 rings (SSSR count). The minimum absolute atomic E-state index is 0.0301. The summed E-state index contributed by atoms with van der Waals surface area (Å²) in [5.74, 6) is 0.588. The number of ether oxygens (including phenoxy) is 1. The molecular formula is C9H7IO2. The van der Waals surface area contributed by atoms with Crippen molar-refractivity contribution >= 4 is 28.6 Å². The van der Waals surface area contributed by atoms with Crippen molar-refractivity contribution in [2.24, 2.45) is 0 Å². The van der Waals surface area contributed by atoms with Crippen LogP contribution in [0.15, 0.2) is 24.3 Å². The number of halogens is 1. The van der Waals surface area contributed by atoms with Crippen LogP contribution in [-0.2, 0) is 11.2 Å². The number of fused-ring (bicyclic) bond motifs is 1. The molecule has 2 nitrogen and oxygen atoms in total. The van der Waals surface area contributed by atoms with Crippen molar-refractivity contribution in [1.29, 1.82) is 0 Å². The van der Waals surface area contributed by atoms with Crippen molar-refractivity contribution < 1.29 is 9.53 Å². The topological polar surface area (TPSA) is 26.3 Å². The molecule has 1 atom stereocenters. The monoisotopic (exact) mass is 274 g/mol. The summed E-state index contributed by atoms with van der Waals surface area (Å²) in [4.78, 5) is 11.1. The molecule has 0 saturated carbocycles. The first-order chi connectivity index (χ1) is 5.77. The summed E-state index contributed by atoms with van der Waals surface area (Å²) in [5, 5.41) is 0. The number of alkyl halides is 1. The highest BCUT2D eigenvalue weighted by Gasteiger charge is 2.25. The third kappa shape index (κ3) is 1.33. The lowest BCUT2D eigenvalue weighted by atomic mass is 10.1. The molecule has 12 heavy (non-hydrogen) atoms. The first kappa shape index (κ1) is 8.04. The van der Waals surface area contributed by atoms with Gasteiger partial charge in [-0.25, -0.2) is 0 Å². The van der Waals surface area contributed by atoms with Crippen LogP contribution in [0, 0.1) is 0 Å². The summed E-state index contributed by atoms with van der Waals surface area (Å²) >= 11 is 2.11. The molecule has 0 amide bonds. The summed E-state index contributed by atoms with van der Waals surface area (Å²) in [5.41, 5.74) is 1.12. The standard InChI is InChI=1S/C9H7IO2/c10-7-5-6-3-1-2-4-8(6)12-9(7)11/h1-4,7H,5H2. The highest BCUT2D eigenvalue weighted by atomic mass is 127. The molecular weight excluding hydrogens is 267 g/mol. The van der Waals surface area contributed by atoms with Gasteiger partial charge in [-0.3, -0.25) is 4.79 Å². The van der Waals surface area contributed by atoms with Crippen LogP contribution in [-0.4, -0.2) is 9.89 Å². The lowest BCUT2D eigenvalue weighted by molar-refractivity contribution is -0.134. The Morgan fingerprint density at radius 1 is 1.42 bits per heavy atom. The number of carbonyl (C=O) groups excluding carboxylic acids is 1. The largest absolute Gasteiger partial charge is 0.425 e. The van der Waals surface area contributed by atoms with Gasteiger partial charge in [0.15, 0.2) is 0 Å². The second kappa shape index (κ2) is 3.05. The van der Waals surface area contributed by atoms with E-state index >= 15 is 0 Å². The van der Waals surface area contributed by atoms with Crippen molar-refractivity contribution in [3.8, 4) is 5.75 Å². The Labute approximate surface area is 84.1 Å². The molecule has 1 aromatic rings. The first-order valence-electron chi connectivity index (χ1n) is 3.71. The number of hydrogen-bond donors (Lipinski definition) is 0. The summed E-state index contributed by atoms with van der Waals surface area (Å²) in [7, 11) is 0. The van der Waals surface area contributed by atoms with Crippen LogP contribution in [0.3, 0.4) is 0 Å². The lowest BCUT2D eigenvalue weighted by Crippen LogP contribution is -2.27. The molecule has 1 aliphatic heterocycles. The molecule has 0 N–H and O–H groups in total. The van der Waals surface area contributed by atoms with Crippen molar-refractivity contribution in [3.05, 3.63) is 29.8 Å². The lowest BCUT2D eigenvalue weighted by Gasteiger charge is -2.18. The number of para-hydroxylation sites is 1. The van der Waals surface area contributed by atoms with E-state index in [1.165, 1.54) is 0 Å². The summed E-state index contributed by atoms with van der Waals surface area (Å²) in [6.07, 6.45) is 0.787. The zero-order chi connectivity index (χ0) is 8.55. The molecule has 0 fully saturated rings. The predicted molar refractivity (Wildman–Crippen MR) is 53.6 cm³/mol. The van der Waals surface area contributed by atoms with Crippen LogP contribution in [0.1, 0.15) is 5.56 Å². The third-order valence-electron chi connectivity index (χ3n) is 1.84. The fourth-order valence-electron chi connectivity index (χ4n) is 1.22. The van der Waals surface area contributed by atoms with Crippen LogP contribution in [0.2, 0.25) is 0 Å². The molecule has 0 aromatic heterocycles. The van der Waals surface area contributed by atoms with Crippen molar-refractivity contribution in [2.45, 2.75) is 10.3 Å². The van der Waals surface area contributed by atoms with Crippen LogP contribution in [0.4, 0.5) is 0 Å². The van der Waals surface area contributed by atoms with Gasteiger partial charge in [-0.05, 0) is 18.1 Å². The van der Waals surface area contributed by atoms with Crippen molar-refractivity contribution in [2.75, 3.05) is 0 Å². The molecule has 0 aliphatic carbocycles. The van der Waals surface area contributed by atoms with Gasteiger partial charge in [0, 0.05) is 0 Å². The summed E-state index contributed by atoms with van der Waals surface area (Å²) in [6, 6.07) is 7.66. The molecule has 0 spiro atoms. The van der Waals surface area contributed by atoms with E-state index < -0.39 is 0 Å². The fourth-order valence-corrected chi connectivity index (χ4v) is 1.82. The van der Waals surface area contributed by atoms with E-state index in [1.54, 1.807) is 0 Å². The van der Waals surface area contributed by atoms with Gasteiger partial charge in [-0.1, -0.05) is 40.8 Å². The molecule has 3 heteroatoms. The Morgan fingerprint density at radius 2 is 2.17 bits per heavy atom. The zero-order valence-electron chi connectivity index (χ0n) is 6.29.